The number of nitrogens with one attached hydrogen (secondary N) is 1. The van der Waals surface area contributed by atoms with Gasteiger partial charge in [-0.1, -0.05) is 71.1 Å². The van der Waals surface area contributed by atoms with Crippen LogP contribution in [0.4, 0.5) is 0 Å². The predicted molar refractivity (Wildman–Crippen MR) is 95.6 cm³/mol. The van der Waals surface area contributed by atoms with Crippen molar-refractivity contribution in [2.45, 2.75) is 96.4 Å². The Hall–Kier alpha value is -0.120. The number of hydrogen-bond acceptors (Lipinski definition) is 3. The van der Waals surface area contributed by atoms with E-state index in [4.69, 9.17) is 11.5 Å². The second kappa shape index (κ2) is 17.9. The molecule has 0 aromatic rings. The lowest BCUT2D eigenvalue weighted by Gasteiger charge is -2.12. The molecule has 5 N–H and O–H groups in total. The molecular formula is C18H41N3. The standard InChI is InChI=1S/C18H41N3/c1-2-3-4-5-6-7-8-9-10-11-13-18(20)14-17-21-16-12-15-19/h18,21H,2-17,19-20H2,1H3. The van der Waals surface area contributed by atoms with Crippen molar-refractivity contribution in [3.63, 3.8) is 0 Å². The van der Waals surface area contributed by atoms with Crippen LogP contribution in [0.5, 0.6) is 0 Å². The Kier molecular flexibility index (Phi) is 17.8. The molecule has 0 amide bonds. The third kappa shape index (κ3) is 17.8. The van der Waals surface area contributed by atoms with Gasteiger partial charge < -0.3 is 16.8 Å². The van der Waals surface area contributed by atoms with Crippen molar-refractivity contribution >= 4 is 0 Å². The fraction of sp³-hybridized carbons (Fsp3) is 1.00. The fourth-order valence-corrected chi connectivity index (χ4v) is 2.68. The Labute approximate surface area is 133 Å². The van der Waals surface area contributed by atoms with Crippen LogP contribution < -0.4 is 16.8 Å². The zero-order valence-corrected chi connectivity index (χ0v) is 14.5. The van der Waals surface area contributed by atoms with E-state index in [-0.39, 0.29) is 0 Å². The first-order chi connectivity index (χ1) is 10.3. The van der Waals surface area contributed by atoms with Crippen molar-refractivity contribution in [2.75, 3.05) is 19.6 Å². The molecule has 0 aromatic carbocycles. The van der Waals surface area contributed by atoms with Crippen LogP contribution in [0, 0.1) is 0 Å². The minimum atomic E-state index is 0.379. The van der Waals surface area contributed by atoms with Crippen molar-refractivity contribution < 1.29 is 0 Å². The summed E-state index contributed by atoms with van der Waals surface area (Å²) in [6.07, 6.45) is 17.3. The summed E-state index contributed by atoms with van der Waals surface area (Å²) in [5.74, 6) is 0. The lowest BCUT2D eigenvalue weighted by molar-refractivity contribution is 0.490. The lowest BCUT2D eigenvalue weighted by atomic mass is 10.0. The van der Waals surface area contributed by atoms with E-state index < -0.39 is 0 Å². The van der Waals surface area contributed by atoms with Gasteiger partial charge in [-0.05, 0) is 38.9 Å². The molecule has 0 saturated carbocycles. The van der Waals surface area contributed by atoms with Crippen molar-refractivity contribution in [3.05, 3.63) is 0 Å². The third-order valence-corrected chi connectivity index (χ3v) is 4.18. The van der Waals surface area contributed by atoms with Crippen LogP contribution in [0.25, 0.3) is 0 Å². The molecule has 0 spiro atoms. The average Bonchev–Trinajstić information content (AvgIpc) is 2.49. The summed E-state index contributed by atoms with van der Waals surface area (Å²) in [7, 11) is 0. The van der Waals surface area contributed by atoms with Crippen LogP contribution in [-0.4, -0.2) is 25.7 Å². The van der Waals surface area contributed by atoms with Crippen molar-refractivity contribution in [1.29, 1.82) is 0 Å². The molecule has 0 aliphatic heterocycles. The highest BCUT2D eigenvalue weighted by Gasteiger charge is 2.01. The Bertz CT molecular complexity index is 185. The van der Waals surface area contributed by atoms with E-state index in [0.717, 1.165) is 32.5 Å². The van der Waals surface area contributed by atoms with Gasteiger partial charge in [0.05, 0.1) is 0 Å². The van der Waals surface area contributed by atoms with Crippen molar-refractivity contribution in [3.8, 4) is 0 Å². The number of hydrogen-bond donors (Lipinski definition) is 3. The molecule has 21 heavy (non-hydrogen) atoms. The van der Waals surface area contributed by atoms with E-state index in [1.807, 2.05) is 0 Å². The highest BCUT2D eigenvalue weighted by Crippen LogP contribution is 2.12. The largest absolute Gasteiger partial charge is 0.330 e. The molecule has 1 unspecified atom stereocenters. The Balaban J connectivity index is 3.09. The van der Waals surface area contributed by atoms with E-state index in [2.05, 4.69) is 12.2 Å². The maximum atomic E-state index is 6.13. The molecular weight excluding hydrogens is 258 g/mol. The second-order valence-electron chi connectivity index (χ2n) is 6.41. The molecule has 128 valence electrons. The van der Waals surface area contributed by atoms with Gasteiger partial charge >= 0.3 is 0 Å². The summed E-state index contributed by atoms with van der Waals surface area (Å²) in [5, 5.41) is 3.40. The Morgan fingerprint density at radius 3 is 1.86 bits per heavy atom. The van der Waals surface area contributed by atoms with Gasteiger partial charge in [0.15, 0.2) is 0 Å². The summed E-state index contributed by atoms with van der Waals surface area (Å²) >= 11 is 0. The van der Waals surface area contributed by atoms with E-state index in [0.29, 0.717) is 6.04 Å². The van der Waals surface area contributed by atoms with E-state index in [1.165, 1.54) is 70.6 Å². The molecule has 1 atom stereocenters. The molecule has 0 rings (SSSR count). The van der Waals surface area contributed by atoms with Crippen molar-refractivity contribution in [1.82, 2.24) is 5.32 Å². The quantitative estimate of drug-likeness (QED) is 0.356. The molecule has 0 heterocycles. The third-order valence-electron chi connectivity index (χ3n) is 4.18. The smallest absolute Gasteiger partial charge is 0.00509 e. The second-order valence-corrected chi connectivity index (χ2v) is 6.41. The summed E-state index contributed by atoms with van der Waals surface area (Å²) in [6, 6.07) is 0.379. The first-order valence-corrected chi connectivity index (χ1v) is 9.47. The molecule has 0 aromatic heterocycles. The maximum Gasteiger partial charge on any atom is 0.00509 e. The zero-order valence-electron chi connectivity index (χ0n) is 14.5. The van der Waals surface area contributed by atoms with Crippen molar-refractivity contribution in [2.24, 2.45) is 11.5 Å². The minimum absolute atomic E-state index is 0.379. The SMILES string of the molecule is CCCCCCCCCCCCC(N)CCNCCCN. The van der Waals surface area contributed by atoms with Gasteiger partial charge in [-0.15, -0.1) is 0 Å². The molecule has 0 aliphatic rings. The highest BCUT2D eigenvalue weighted by atomic mass is 14.9. The summed E-state index contributed by atoms with van der Waals surface area (Å²) < 4.78 is 0. The molecule has 0 fully saturated rings. The maximum absolute atomic E-state index is 6.13. The minimum Gasteiger partial charge on any atom is -0.330 e. The molecule has 0 bridgehead atoms. The Morgan fingerprint density at radius 2 is 1.29 bits per heavy atom. The van der Waals surface area contributed by atoms with Crippen LogP contribution in [0.1, 0.15) is 90.4 Å². The Morgan fingerprint density at radius 1 is 0.714 bits per heavy atom. The molecule has 0 radical (unpaired) electrons. The van der Waals surface area contributed by atoms with Gasteiger partial charge in [0.25, 0.3) is 0 Å². The fourth-order valence-electron chi connectivity index (χ4n) is 2.68. The first-order valence-electron chi connectivity index (χ1n) is 9.47. The van der Waals surface area contributed by atoms with Gasteiger partial charge in [-0.2, -0.15) is 0 Å². The molecule has 3 heteroatoms. The lowest BCUT2D eigenvalue weighted by Crippen LogP contribution is -2.27. The van der Waals surface area contributed by atoms with Crippen LogP contribution in [-0.2, 0) is 0 Å². The van der Waals surface area contributed by atoms with E-state index in [9.17, 15) is 0 Å². The van der Waals surface area contributed by atoms with Gasteiger partial charge in [-0.25, -0.2) is 0 Å². The van der Waals surface area contributed by atoms with Crippen LogP contribution >= 0.6 is 0 Å². The van der Waals surface area contributed by atoms with Gasteiger partial charge in [0.1, 0.15) is 0 Å². The van der Waals surface area contributed by atoms with Crippen LogP contribution in [0.15, 0.2) is 0 Å². The number of nitrogens with two attached hydrogens (primary N) is 2. The highest BCUT2D eigenvalue weighted by molar-refractivity contribution is 4.63. The molecule has 0 aliphatic carbocycles. The summed E-state index contributed by atoms with van der Waals surface area (Å²) in [4.78, 5) is 0. The first kappa shape index (κ1) is 20.9. The molecule has 0 saturated heterocycles. The van der Waals surface area contributed by atoms with Crippen LogP contribution in [0.2, 0.25) is 0 Å². The van der Waals surface area contributed by atoms with Gasteiger partial charge in [0, 0.05) is 6.04 Å². The molecule has 3 nitrogen and oxygen atoms in total. The zero-order chi connectivity index (χ0) is 15.6. The van der Waals surface area contributed by atoms with Crippen LogP contribution in [0.3, 0.4) is 0 Å². The van der Waals surface area contributed by atoms with Gasteiger partial charge in [0.2, 0.25) is 0 Å². The number of unbranched alkanes of at least 4 members (excludes halogenated alkanes) is 9. The summed E-state index contributed by atoms with van der Waals surface area (Å²) in [6.45, 7) is 5.12. The normalized spacial score (nSPS) is 12.7. The number of rotatable bonds is 17. The average molecular weight is 300 g/mol. The van der Waals surface area contributed by atoms with E-state index in [1.54, 1.807) is 0 Å². The van der Waals surface area contributed by atoms with E-state index >= 15 is 0 Å². The predicted octanol–water partition coefficient (Wildman–Crippen LogP) is 3.95. The monoisotopic (exact) mass is 299 g/mol. The topological polar surface area (TPSA) is 64.1 Å². The summed E-state index contributed by atoms with van der Waals surface area (Å²) in [5.41, 5.74) is 11.6. The van der Waals surface area contributed by atoms with Gasteiger partial charge in [-0.3, -0.25) is 0 Å².